The number of Topliss-reactive ketones (excluding diaryl/α,β-unsaturated/α-hetero) is 1. The van der Waals surface area contributed by atoms with Crippen LogP contribution in [0, 0.1) is 0 Å². The molecule has 100 valence electrons. The largest absolute Gasteiger partial charge is 0.496 e. The Balaban J connectivity index is 3.20. The molecule has 0 saturated carbocycles. The monoisotopic (exact) mass is 253 g/mol. The Hall–Kier alpha value is -1.75. The van der Waals surface area contributed by atoms with Gasteiger partial charge in [-0.2, -0.15) is 0 Å². The van der Waals surface area contributed by atoms with Gasteiger partial charge in [0.25, 0.3) is 0 Å². The Morgan fingerprint density at radius 2 is 1.61 bits per heavy atom. The van der Waals surface area contributed by atoms with Gasteiger partial charge in [-0.3, -0.25) is 4.79 Å². The highest BCUT2D eigenvalue weighted by Gasteiger charge is 2.18. The lowest BCUT2D eigenvalue weighted by atomic mass is 10.0. The van der Waals surface area contributed by atoms with Gasteiger partial charge in [0, 0.05) is 24.1 Å². The quantitative estimate of drug-likeness (QED) is 0.835. The van der Waals surface area contributed by atoms with Gasteiger partial charge in [0.1, 0.15) is 11.5 Å². The number of carbonyl (C=O) groups is 1. The second-order valence-corrected chi connectivity index (χ2v) is 3.96. The molecule has 1 rings (SSSR count). The van der Waals surface area contributed by atoms with Crippen LogP contribution in [0.3, 0.4) is 0 Å². The number of ketones is 1. The molecule has 1 aromatic carbocycles. The number of nitrogens with two attached hydrogens (primary N) is 1. The van der Waals surface area contributed by atoms with Crippen molar-refractivity contribution >= 4 is 5.78 Å². The van der Waals surface area contributed by atoms with Gasteiger partial charge in [-0.15, -0.1) is 0 Å². The van der Waals surface area contributed by atoms with Crippen LogP contribution < -0.4 is 19.9 Å². The van der Waals surface area contributed by atoms with Crippen LogP contribution in [0.2, 0.25) is 0 Å². The molecule has 1 atom stereocenters. The maximum Gasteiger partial charge on any atom is 0.164 e. The normalized spacial score (nSPS) is 11.8. The standard InChI is InChI=1S/C13H19NO4/c1-8(15)5-10(14)9-6-12(17-3)13(18-4)7-11(9)16-2/h6-7,10H,5,14H2,1-4H3. The molecular weight excluding hydrogens is 234 g/mol. The van der Waals surface area contributed by atoms with Crippen LogP contribution in [0.25, 0.3) is 0 Å². The Labute approximate surface area is 107 Å². The minimum absolute atomic E-state index is 0.0272. The van der Waals surface area contributed by atoms with E-state index < -0.39 is 6.04 Å². The molecule has 0 fully saturated rings. The molecule has 5 heteroatoms. The molecule has 5 nitrogen and oxygen atoms in total. The van der Waals surface area contributed by atoms with E-state index in [0.29, 0.717) is 17.2 Å². The van der Waals surface area contributed by atoms with Crippen molar-refractivity contribution in [1.82, 2.24) is 0 Å². The third-order valence-corrected chi connectivity index (χ3v) is 2.64. The average Bonchev–Trinajstić information content (AvgIpc) is 2.36. The molecule has 0 bridgehead atoms. The van der Waals surface area contributed by atoms with E-state index in [-0.39, 0.29) is 12.2 Å². The van der Waals surface area contributed by atoms with E-state index >= 15 is 0 Å². The molecule has 0 aliphatic heterocycles. The van der Waals surface area contributed by atoms with E-state index in [4.69, 9.17) is 19.9 Å². The summed E-state index contributed by atoms with van der Waals surface area (Å²) in [5.41, 5.74) is 6.72. The molecule has 0 heterocycles. The van der Waals surface area contributed by atoms with Crippen molar-refractivity contribution < 1.29 is 19.0 Å². The van der Waals surface area contributed by atoms with Gasteiger partial charge in [0.05, 0.1) is 21.3 Å². The molecule has 18 heavy (non-hydrogen) atoms. The first-order chi connectivity index (χ1) is 8.53. The first-order valence-corrected chi connectivity index (χ1v) is 5.58. The number of carbonyl (C=O) groups excluding carboxylic acids is 1. The van der Waals surface area contributed by atoms with Crippen LogP contribution >= 0.6 is 0 Å². The lowest BCUT2D eigenvalue weighted by Crippen LogP contribution is -2.15. The summed E-state index contributed by atoms with van der Waals surface area (Å²) < 4.78 is 15.7. The van der Waals surface area contributed by atoms with Gasteiger partial charge < -0.3 is 19.9 Å². The zero-order valence-electron chi connectivity index (χ0n) is 11.1. The molecular formula is C13H19NO4. The van der Waals surface area contributed by atoms with Crippen molar-refractivity contribution in [2.75, 3.05) is 21.3 Å². The SMILES string of the molecule is COc1cc(OC)c(C(N)CC(C)=O)cc1OC. The molecule has 0 radical (unpaired) electrons. The molecule has 0 amide bonds. The summed E-state index contributed by atoms with van der Waals surface area (Å²) in [5, 5.41) is 0. The van der Waals surface area contributed by atoms with Crippen LogP contribution in [0.1, 0.15) is 24.9 Å². The highest BCUT2D eigenvalue weighted by atomic mass is 16.5. The van der Waals surface area contributed by atoms with E-state index in [2.05, 4.69) is 0 Å². The second kappa shape index (κ2) is 6.26. The molecule has 0 saturated heterocycles. The highest BCUT2D eigenvalue weighted by molar-refractivity contribution is 5.76. The zero-order valence-corrected chi connectivity index (χ0v) is 11.1. The van der Waals surface area contributed by atoms with Crippen molar-refractivity contribution in [3.8, 4) is 17.2 Å². The van der Waals surface area contributed by atoms with Gasteiger partial charge in [0.2, 0.25) is 0 Å². The number of hydrogen-bond donors (Lipinski definition) is 1. The predicted octanol–water partition coefficient (Wildman–Crippen LogP) is 1.69. The Kier molecular flexibility index (Phi) is 4.97. The maximum atomic E-state index is 11.1. The summed E-state index contributed by atoms with van der Waals surface area (Å²) in [6.07, 6.45) is 0.256. The van der Waals surface area contributed by atoms with Gasteiger partial charge in [-0.05, 0) is 13.0 Å². The zero-order chi connectivity index (χ0) is 13.7. The summed E-state index contributed by atoms with van der Waals surface area (Å²) in [5.74, 6) is 1.74. The molecule has 0 aliphatic rings. The summed E-state index contributed by atoms with van der Waals surface area (Å²) in [6.45, 7) is 1.51. The summed E-state index contributed by atoms with van der Waals surface area (Å²) >= 11 is 0. The minimum Gasteiger partial charge on any atom is -0.496 e. The molecule has 0 spiro atoms. The van der Waals surface area contributed by atoms with Crippen molar-refractivity contribution in [2.24, 2.45) is 5.73 Å². The molecule has 2 N–H and O–H groups in total. The van der Waals surface area contributed by atoms with E-state index in [0.717, 1.165) is 5.56 Å². The van der Waals surface area contributed by atoms with E-state index in [1.54, 1.807) is 33.5 Å². The van der Waals surface area contributed by atoms with Crippen LogP contribution in [0.15, 0.2) is 12.1 Å². The second-order valence-electron chi connectivity index (χ2n) is 3.96. The van der Waals surface area contributed by atoms with Crippen molar-refractivity contribution in [2.45, 2.75) is 19.4 Å². The van der Waals surface area contributed by atoms with E-state index in [1.165, 1.54) is 6.92 Å². The fourth-order valence-corrected chi connectivity index (χ4v) is 1.76. The van der Waals surface area contributed by atoms with Crippen molar-refractivity contribution in [3.63, 3.8) is 0 Å². The first-order valence-electron chi connectivity index (χ1n) is 5.58. The van der Waals surface area contributed by atoms with Crippen molar-refractivity contribution in [3.05, 3.63) is 17.7 Å². The molecule has 1 unspecified atom stereocenters. The Morgan fingerprint density at radius 1 is 1.11 bits per heavy atom. The van der Waals surface area contributed by atoms with Crippen LogP contribution in [0.5, 0.6) is 17.2 Å². The van der Waals surface area contributed by atoms with Crippen molar-refractivity contribution in [1.29, 1.82) is 0 Å². The van der Waals surface area contributed by atoms with Gasteiger partial charge >= 0.3 is 0 Å². The molecule has 0 aliphatic carbocycles. The lowest BCUT2D eigenvalue weighted by molar-refractivity contribution is -0.117. The molecule has 1 aromatic rings. The number of methoxy groups -OCH3 is 3. The van der Waals surface area contributed by atoms with Crippen LogP contribution in [0.4, 0.5) is 0 Å². The fraction of sp³-hybridized carbons (Fsp3) is 0.462. The minimum atomic E-state index is -0.419. The fourth-order valence-electron chi connectivity index (χ4n) is 1.76. The summed E-state index contributed by atoms with van der Waals surface area (Å²) in [4.78, 5) is 11.1. The highest BCUT2D eigenvalue weighted by Crippen LogP contribution is 2.37. The number of rotatable bonds is 6. The van der Waals surface area contributed by atoms with Gasteiger partial charge in [-0.1, -0.05) is 0 Å². The third kappa shape index (κ3) is 3.13. The van der Waals surface area contributed by atoms with Crippen LogP contribution in [-0.2, 0) is 4.79 Å². The molecule has 0 aromatic heterocycles. The lowest BCUT2D eigenvalue weighted by Gasteiger charge is -2.17. The van der Waals surface area contributed by atoms with Gasteiger partial charge in [-0.25, -0.2) is 0 Å². The number of ether oxygens (including phenoxy) is 3. The number of hydrogen-bond acceptors (Lipinski definition) is 5. The number of benzene rings is 1. The maximum absolute atomic E-state index is 11.1. The first kappa shape index (κ1) is 14.3. The van der Waals surface area contributed by atoms with Crippen LogP contribution in [-0.4, -0.2) is 27.1 Å². The Morgan fingerprint density at radius 3 is 2.06 bits per heavy atom. The topological polar surface area (TPSA) is 70.8 Å². The van der Waals surface area contributed by atoms with E-state index in [1.807, 2.05) is 0 Å². The summed E-state index contributed by atoms with van der Waals surface area (Å²) in [7, 11) is 4.64. The average molecular weight is 253 g/mol. The summed E-state index contributed by atoms with van der Waals surface area (Å²) in [6, 6.07) is 3.02. The third-order valence-electron chi connectivity index (χ3n) is 2.64. The van der Waals surface area contributed by atoms with E-state index in [9.17, 15) is 4.79 Å². The Bertz CT molecular complexity index is 431. The predicted molar refractivity (Wildman–Crippen MR) is 68.3 cm³/mol. The van der Waals surface area contributed by atoms with Gasteiger partial charge in [0.15, 0.2) is 11.5 Å². The smallest absolute Gasteiger partial charge is 0.164 e.